The molecule has 3 aromatic heterocycles. The fraction of sp³-hybridized carbons (Fsp3) is 0.100. The van der Waals surface area contributed by atoms with E-state index in [0.29, 0.717) is 29.4 Å². The van der Waals surface area contributed by atoms with Crippen molar-refractivity contribution >= 4 is 11.6 Å². The largest absolute Gasteiger partial charge is 0.467 e. The van der Waals surface area contributed by atoms with E-state index < -0.39 is 0 Å². The molecule has 4 rings (SSSR count). The molecule has 0 bridgehead atoms. The van der Waals surface area contributed by atoms with E-state index in [4.69, 9.17) is 10.2 Å². The Labute approximate surface area is 160 Å². The van der Waals surface area contributed by atoms with Crippen molar-refractivity contribution < 1.29 is 4.42 Å². The first kappa shape index (κ1) is 17.5. The standard InChI is InChI=1S/C20H18N6O2/c1-26-16(27)10-9-15(25-26)18-17(13-6-3-2-4-7-13)23-19(21)20(24-18)22-12-14-8-5-11-28-14/h2-11H,12H2,1H3,(H2,21,23)(H,22,24). The Balaban J connectivity index is 1.82. The number of nitrogens with two attached hydrogens (primary N) is 1. The Hall–Kier alpha value is -3.94. The number of aryl methyl sites for hydroxylation is 1. The number of furan rings is 1. The number of anilines is 2. The number of nitrogen functional groups attached to an aromatic ring is 1. The van der Waals surface area contributed by atoms with Crippen LogP contribution in [0.4, 0.5) is 11.6 Å². The third-order valence-corrected chi connectivity index (χ3v) is 4.18. The van der Waals surface area contributed by atoms with Gasteiger partial charge >= 0.3 is 0 Å². The van der Waals surface area contributed by atoms with Crippen molar-refractivity contribution in [2.75, 3.05) is 11.1 Å². The molecule has 0 atom stereocenters. The molecule has 3 heterocycles. The number of hydrogen-bond acceptors (Lipinski definition) is 7. The molecular weight excluding hydrogens is 356 g/mol. The van der Waals surface area contributed by atoms with Crippen LogP contribution in [-0.4, -0.2) is 19.7 Å². The lowest BCUT2D eigenvalue weighted by molar-refractivity contribution is 0.518. The highest BCUT2D eigenvalue weighted by molar-refractivity contribution is 5.79. The maximum absolute atomic E-state index is 11.7. The van der Waals surface area contributed by atoms with Gasteiger partial charge in [0, 0.05) is 18.7 Å². The minimum atomic E-state index is -0.204. The maximum atomic E-state index is 11.7. The molecule has 0 unspecified atom stereocenters. The van der Waals surface area contributed by atoms with Crippen molar-refractivity contribution in [3.8, 4) is 22.6 Å². The quantitative estimate of drug-likeness (QED) is 0.552. The monoisotopic (exact) mass is 374 g/mol. The average molecular weight is 374 g/mol. The maximum Gasteiger partial charge on any atom is 0.266 e. The van der Waals surface area contributed by atoms with Crippen LogP contribution in [0.5, 0.6) is 0 Å². The summed E-state index contributed by atoms with van der Waals surface area (Å²) >= 11 is 0. The Kier molecular flexibility index (Phi) is 4.59. The summed E-state index contributed by atoms with van der Waals surface area (Å²) in [4.78, 5) is 21.0. The molecule has 0 aliphatic carbocycles. The number of hydrogen-bond donors (Lipinski definition) is 2. The SMILES string of the molecule is Cn1nc(-c2nc(NCc3ccco3)c(N)nc2-c2ccccc2)ccc1=O. The Morgan fingerprint density at radius 3 is 2.57 bits per heavy atom. The topological polar surface area (TPSA) is 112 Å². The summed E-state index contributed by atoms with van der Waals surface area (Å²) in [5.41, 5.74) is 8.44. The van der Waals surface area contributed by atoms with E-state index >= 15 is 0 Å². The van der Waals surface area contributed by atoms with Gasteiger partial charge in [-0.25, -0.2) is 14.6 Å². The van der Waals surface area contributed by atoms with E-state index in [1.165, 1.54) is 10.7 Å². The molecule has 8 nitrogen and oxygen atoms in total. The van der Waals surface area contributed by atoms with Gasteiger partial charge in [-0.2, -0.15) is 5.10 Å². The lowest BCUT2D eigenvalue weighted by Gasteiger charge is -2.13. The van der Waals surface area contributed by atoms with Crippen LogP contribution in [0, 0.1) is 0 Å². The molecule has 28 heavy (non-hydrogen) atoms. The molecule has 0 aliphatic heterocycles. The second kappa shape index (κ2) is 7.36. The van der Waals surface area contributed by atoms with Gasteiger partial charge in [-0.3, -0.25) is 4.79 Å². The van der Waals surface area contributed by atoms with E-state index in [1.807, 2.05) is 42.5 Å². The number of nitrogens with one attached hydrogen (secondary N) is 1. The zero-order valence-electron chi connectivity index (χ0n) is 15.2. The molecule has 8 heteroatoms. The van der Waals surface area contributed by atoms with Gasteiger partial charge in [-0.1, -0.05) is 30.3 Å². The van der Waals surface area contributed by atoms with Crippen LogP contribution in [0.25, 0.3) is 22.6 Å². The van der Waals surface area contributed by atoms with Crippen LogP contribution < -0.4 is 16.6 Å². The average Bonchev–Trinajstić information content (AvgIpc) is 3.23. The van der Waals surface area contributed by atoms with E-state index in [-0.39, 0.29) is 11.4 Å². The fourth-order valence-corrected chi connectivity index (χ4v) is 2.77. The first-order valence-corrected chi connectivity index (χ1v) is 8.66. The zero-order valence-corrected chi connectivity index (χ0v) is 15.2. The van der Waals surface area contributed by atoms with Crippen molar-refractivity contribution in [1.82, 2.24) is 19.7 Å². The van der Waals surface area contributed by atoms with Crippen LogP contribution in [0.3, 0.4) is 0 Å². The summed E-state index contributed by atoms with van der Waals surface area (Å²) in [6, 6.07) is 16.3. The van der Waals surface area contributed by atoms with Gasteiger partial charge in [0.15, 0.2) is 11.6 Å². The summed E-state index contributed by atoms with van der Waals surface area (Å²) in [5.74, 6) is 1.43. The molecule has 0 saturated heterocycles. The van der Waals surface area contributed by atoms with Crippen molar-refractivity contribution in [2.24, 2.45) is 7.05 Å². The Bertz CT molecular complexity index is 1150. The van der Waals surface area contributed by atoms with E-state index in [1.54, 1.807) is 19.4 Å². The van der Waals surface area contributed by atoms with Crippen LogP contribution in [0.1, 0.15) is 5.76 Å². The van der Waals surface area contributed by atoms with Gasteiger partial charge in [0.25, 0.3) is 5.56 Å². The summed E-state index contributed by atoms with van der Waals surface area (Å²) in [5, 5.41) is 7.47. The molecule has 0 radical (unpaired) electrons. The van der Waals surface area contributed by atoms with Crippen molar-refractivity contribution in [3.63, 3.8) is 0 Å². The zero-order chi connectivity index (χ0) is 19.5. The summed E-state index contributed by atoms with van der Waals surface area (Å²) in [6.45, 7) is 0.413. The van der Waals surface area contributed by atoms with Gasteiger partial charge in [-0.15, -0.1) is 0 Å². The van der Waals surface area contributed by atoms with E-state index in [2.05, 4.69) is 20.4 Å². The smallest absolute Gasteiger partial charge is 0.266 e. The van der Waals surface area contributed by atoms with Gasteiger partial charge in [-0.05, 0) is 18.2 Å². The predicted octanol–water partition coefficient (Wildman–Crippen LogP) is 2.69. The molecule has 1 aromatic carbocycles. The van der Waals surface area contributed by atoms with Crippen molar-refractivity contribution in [1.29, 1.82) is 0 Å². The minimum Gasteiger partial charge on any atom is -0.467 e. The van der Waals surface area contributed by atoms with Crippen molar-refractivity contribution in [3.05, 3.63) is 77.0 Å². The van der Waals surface area contributed by atoms with Crippen molar-refractivity contribution in [2.45, 2.75) is 6.54 Å². The molecule has 140 valence electrons. The van der Waals surface area contributed by atoms with Gasteiger partial charge in [0.2, 0.25) is 0 Å². The van der Waals surface area contributed by atoms with Crippen LogP contribution >= 0.6 is 0 Å². The summed E-state index contributed by atoms with van der Waals surface area (Å²) in [7, 11) is 1.59. The van der Waals surface area contributed by atoms with Gasteiger partial charge in [0.05, 0.1) is 12.8 Å². The number of benzene rings is 1. The van der Waals surface area contributed by atoms with Gasteiger partial charge < -0.3 is 15.5 Å². The van der Waals surface area contributed by atoms with Gasteiger partial charge in [0.1, 0.15) is 22.8 Å². The summed E-state index contributed by atoms with van der Waals surface area (Å²) < 4.78 is 6.59. The first-order valence-electron chi connectivity index (χ1n) is 8.66. The molecule has 0 aliphatic rings. The third-order valence-electron chi connectivity index (χ3n) is 4.18. The Morgan fingerprint density at radius 1 is 1.04 bits per heavy atom. The van der Waals surface area contributed by atoms with Crippen LogP contribution in [0.2, 0.25) is 0 Å². The highest BCUT2D eigenvalue weighted by atomic mass is 16.3. The summed E-state index contributed by atoms with van der Waals surface area (Å²) in [6.07, 6.45) is 1.60. The molecule has 0 saturated carbocycles. The highest BCUT2D eigenvalue weighted by Crippen LogP contribution is 2.31. The molecule has 0 amide bonds. The van der Waals surface area contributed by atoms with E-state index in [0.717, 1.165) is 11.3 Å². The fourth-order valence-electron chi connectivity index (χ4n) is 2.77. The lowest BCUT2D eigenvalue weighted by Crippen LogP contribution is -2.18. The Morgan fingerprint density at radius 2 is 1.86 bits per heavy atom. The second-order valence-electron chi connectivity index (χ2n) is 6.13. The third kappa shape index (κ3) is 3.48. The molecular formula is C20H18N6O2. The number of nitrogens with zero attached hydrogens (tertiary/aromatic N) is 4. The first-order chi connectivity index (χ1) is 13.6. The predicted molar refractivity (Wildman–Crippen MR) is 106 cm³/mol. The number of aromatic nitrogens is 4. The highest BCUT2D eigenvalue weighted by Gasteiger charge is 2.17. The second-order valence-corrected chi connectivity index (χ2v) is 6.13. The van der Waals surface area contributed by atoms with Crippen LogP contribution in [0.15, 0.2) is 70.1 Å². The van der Waals surface area contributed by atoms with Crippen LogP contribution in [-0.2, 0) is 13.6 Å². The normalized spacial score (nSPS) is 10.8. The number of rotatable bonds is 5. The minimum absolute atomic E-state index is 0.204. The molecule has 4 aromatic rings. The molecule has 0 spiro atoms. The van der Waals surface area contributed by atoms with E-state index in [9.17, 15) is 4.79 Å². The molecule has 0 fully saturated rings. The molecule has 3 N–H and O–H groups in total. The lowest BCUT2D eigenvalue weighted by atomic mass is 10.1.